The number of carbonyl (C=O) groups excluding carboxylic acids is 2. The molecule has 1 aliphatic rings. The fraction of sp³-hybridized carbons (Fsp3) is 0.360. The van der Waals surface area contributed by atoms with Crippen molar-refractivity contribution in [1.29, 1.82) is 0 Å². The van der Waals surface area contributed by atoms with Crippen LogP contribution in [0.1, 0.15) is 17.3 Å². The molecule has 3 aromatic rings. The van der Waals surface area contributed by atoms with Crippen molar-refractivity contribution in [3.8, 4) is 16.2 Å². The SMILES string of the molecule is CCOC(=O)c1c(-c2cccs2)csc1NC(=O)CN1CCN(CCOc2ccccc2)CC1. The van der Waals surface area contributed by atoms with Gasteiger partial charge in [0.05, 0.1) is 13.2 Å². The zero-order valence-electron chi connectivity index (χ0n) is 19.2. The number of thiophene rings is 2. The summed E-state index contributed by atoms with van der Waals surface area (Å²) in [5, 5.41) is 7.37. The summed E-state index contributed by atoms with van der Waals surface area (Å²) in [6.45, 7) is 7.27. The van der Waals surface area contributed by atoms with Gasteiger partial charge in [0.25, 0.3) is 0 Å². The Morgan fingerprint density at radius 3 is 2.47 bits per heavy atom. The Balaban J connectivity index is 1.27. The van der Waals surface area contributed by atoms with Gasteiger partial charge in [0, 0.05) is 48.5 Å². The van der Waals surface area contributed by atoms with E-state index in [0.717, 1.165) is 48.9 Å². The van der Waals surface area contributed by atoms with Crippen molar-refractivity contribution < 1.29 is 19.1 Å². The molecule has 4 rings (SSSR count). The van der Waals surface area contributed by atoms with E-state index in [4.69, 9.17) is 9.47 Å². The van der Waals surface area contributed by atoms with E-state index in [1.165, 1.54) is 11.3 Å². The molecule has 0 atom stereocenters. The highest BCUT2D eigenvalue weighted by Gasteiger charge is 2.24. The van der Waals surface area contributed by atoms with Crippen molar-refractivity contribution in [2.24, 2.45) is 0 Å². The summed E-state index contributed by atoms with van der Waals surface area (Å²) in [7, 11) is 0. The predicted molar refractivity (Wildman–Crippen MR) is 137 cm³/mol. The second-order valence-electron chi connectivity index (χ2n) is 7.88. The largest absolute Gasteiger partial charge is 0.492 e. The summed E-state index contributed by atoms with van der Waals surface area (Å²) in [4.78, 5) is 30.9. The molecule has 7 nitrogen and oxygen atoms in total. The number of anilines is 1. The molecule has 34 heavy (non-hydrogen) atoms. The molecule has 1 aromatic carbocycles. The van der Waals surface area contributed by atoms with Crippen LogP contribution in [0.4, 0.5) is 5.00 Å². The zero-order chi connectivity index (χ0) is 23.8. The average molecular weight is 500 g/mol. The molecule has 0 bridgehead atoms. The van der Waals surface area contributed by atoms with Crippen LogP contribution in [0.2, 0.25) is 0 Å². The van der Waals surface area contributed by atoms with E-state index in [2.05, 4.69) is 15.1 Å². The van der Waals surface area contributed by atoms with Crippen LogP contribution in [0, 0.1) is 0 Å². The van der Waals surface area contributed by atoms with Crippen LogP contribution < -0.4 is 10.1 Å². The number of nitrogens with zero attached hydrogens (tertiary/aromatic N) is 2. The van der Waals surface area contributed by atoms with Gasteiger partial charge in [-0.3, -0.25) is 14.6 Å². The van der Waals surface area contributed by atoms with Gasteiger partial charge in [0.15, 0.2) is 0 Å². The van der Waals surface area contributed by atoms with Gasteiger partial charge in [-0.15, -0.1) is 22.7 Å². The van der Waals surface area contributed by atoms with Crippen molar-refractivity contribution in [3.05, 3.63) is 58.8 Å². The van der Waals surface area contributed by atoms with Crippen LogP contribution in [-0.4, -0.2) is 74.2 Å². The van der Waals surface area contributed by atoms with Crippen molar-refractivity contribution in [3.63, 3.8) is 0 Å². The van der Waals surface area contributed by atoms with Gasteiger partial charge in [-0.25, -0.2) is 4.79 Å². The average Bonchev–Trinajstić information content (AvgIpc) is 3.51. The maximum Gasteiger partial charge on any atom is 0.341 e. The van der Waals surface area contributed by atoms with E-state index in [0.29, 0.717) is 23.7 Å². The van der Waals surface area contributed by atoms with Crippen LogP contribution in [0.3, 0.4) is 0 Å². The number of para-hydroxylation sites is 1. The Bertz CT molecular complexity index is 1060. The second-order valence-corrected chi connectivity index (χ2v) is 9.71. The van der Waals surface area contributed by atoms with E-state index >= 15 is 0 Å². The van der Waals surface area contributed by atoms with Crippen molar-refractivity contribution in [2.75, 3.05) is 57.8 Å². The van der Waals surface area contributed by atoms with Crippen LogP contribution in [-0.2, 0) is 9.53 Å². The first-order chi connectivity index (χ1) is 16.6. The smallest absolute Gasteiger partial charge is 0.341 e. The van der Waals surface area contributed by atoms with E-state index in [9.17, 15) is 9.59 Å². The first-order valence-electron chi connectivity index (χ1n) is 11.4. The Kier molecular flexibility index (Phi) is 8.70. The molecule has 0 aliphatic carbocycles. The lowest BCUT2D eigenvalue weighted by Gasteiger charge is -2.34. The highest BCUT2D eigenvalue weighted by atomic mass is 32.1. The first-order valence-corrected chi connectivity index (χ1v) is 13.1. The molecule has 0 unspecified atom stereocenters. The Hall–Kier alpha value is -2.72. The molecule has 9 heteroatoms. The normalized spacial score (nSPS) is 14.6. The third-order valence-corrected chi connectivity index (χ3v) is 7.36. The number of nitrogens with one attached hydrogen (secondary N) is 1. The summed E-state index contributed by atoms with van der Waals surface area (Å²) in [5.41, 5.74) is 1.24. The number of ether oxygens (including phenoxy) is 2. The third-order valence-electron chi connectivity index (χ3n) is 5.56. The molecule has 0 saturated carbocycles. The highest BCUT2D eigenvalue weighted by molar-refractivity contribution is 7.17. The molecule has 0 spiro atoms. The number of hydrogen-bond acceptors (Lipinski definition) is 8. The molecule has 3 heterocycles. The molecular weight excluding hydrogens is 470 g/mol. The van der Waals surface area contributed by atoms with Gasteiger partial charge < -0.3 is 14.8 Å². The predicted octanol–water partition coefficient (Wildman–Crippen LogP) is 4.29. The second kappa shape index (κ2) is 12.1. The number of benzene rings is 1. The monoisotopic (exact) mass is 499 g/mol. The summed E-state index contributed by atoms with van der Waals surface area (Å²) < 4.78 is 11.1. The van der Waals surface area contributed by atoms with Gasteiger partial charge in [0.1, 0.15) is 22.9 Å². The van der Waals surface area contributed by atoms with Crippen molar-refractivity contribution >= 4 is 39.6 Å². The standard InChI is InChI=1S/C25H29N3O4S2/c1-2-31-25(30)23-20(21-9-6-16-33-21)18-34-24(23)26-22(29)17-28-12-10-27(11-13-28)14-15-32-19-7-4-3-5-8-19/h3-9,16,18H,2,10-15,17H2,1H3,(H,26,29). The summed E-state index contributed by atoms with van der Waals surface area (Å²) in [6, 6.07) is 13.7. The lowest BCUT2D eigenvalue weighted by molar-refractivity contribution is -0.117. The van der Waals surface area contributed by atoms with Gasteiger partial charge in [-0.1, -0.05) is 24.3 Å². The molecule has 1 amide bonds. The Morgan fingerprint density at radius 2 is 1.76 bits per heavy atom. The minimum absolute atomic E-state index is 0.119. The Morgan fingerprint density at radius 1 is 1.00 bits per heavy atom. The fourth-order valence-electron chi connectivity index (χ4n) is 3.82. The third kappa shape index (κ3) is 6.44. The highest BCUT2D eigenvalue weighted by Crippen LogP contribution is 2.38. The maximum atomic E-state index is 12.8. The minimum Gasteiger partial charge on any atom is -0.492 e. The van der Waals surface area contributed by atoms with Crippen LogP contribution >= 0.6 is 22.7 Å². The first kappa shape index (κ1) is 24.4. The summed E-state index contributed by atoms with van der Waals surface area (Å²) in [5.74, 6) is 0.357. The topological polar surface area (TPSA) is 71.1 Å². The molecular formula is C25H29N3O4S2. The number of amides is 1. The van der Waals surface area contributed by atoms with Crippen molar-refractivity contribution in [1.82, 2.24) is 9.80 Å². The fourth-order valence-corrected chi connectivity index (χ4v) is 5.61. The van der Waals surface area contributed by atoms with E-state index in [1.54, 1.807) is 18.3 Å². The van der Waals surface area contributed by atoms with E-state index < -0.39 is 5.97 Å². The molecule has 1 N–H and O–H groups in total. The summed E-state index contributed by atoms with van der Waals surface area (Å²) in [6.07, 6.45) is 0. The van der Waals surface area contributed by atoms with Gasteiger partial charge in [-0.2, -0.15) is 0 Å². The maximum absolute atomic E-state index is 12.8. The van der Waals surface area contributed by atoms with E-state index in [1.807, 2.05) is 53.2 Å². The lowest BCUT2D eigenvalue weighted by Crippen LogP contribution is -2.49. The quantitative estimate of drug-likeness (QED) is 0.420. The number of rotatable bonds is 10. The molecule has 1 fully saturated rings. The number of piperazine rings is 1. The van der Waals surface area contributed by atoms with Crippen LogP contribution in [0.25, 0.3) is 10.4 Å². The summed E-state index contributed by atoms with van der Waals surface area (Å²) >= 11 is 2.91. The molecule has 1 saturated heterocycles. The molecule has 2 aromatic heterocycles. The number of carbonyl (C=O) groups is 2. The van der Waals surface area contributed by atoms with Crippen molar-refractivity contribution in [2.45, 2.75) is 6.92 Å². The van der Waals surface area contributed by atoms with Gasteiger partial charge >= 0.3 is 5.97 Å². The molecule has 0 radical (unpaired) electrons. The van der Waals surface area contributed by atoms with Gasteiger partial charge in [-0.05, 0) is 30.5 Å². The van der Waals surface area contributed by atoms with Crippen LogP contribution in [0.15, 0.2) is 53.2 Å². The number of hydrogen-bond donors (Lipinski definition) is 1. The number of esters is 1. The van der Waals surface area contributed by atoms with Crippen LogP contribution in [0.5, 0.6) is 5.75 Å². The lowest BCUT2D eigenvalue weighted by atomic mass is 10.1. The molecule has 180 valence electrons. The Labute approximate surface area is 207 Å². The van der Waals surface area contributed by atoms with Gasteiger partial charge in [0.2, 0.25) is 5.91 Å². The zero-order valence-corrected chi connectivity index (χ0v) is 20.8. The molecule has 1 aliphatic heterocycles. The minimum atomic E-state index is -0.409. The van der Waals surface area contributed by atoms with E-state index in [-0.39, 0.29) is 12.5 Å².